The van der Waals surface area contributed by atoms with Crippen molar-refractivity contribution in [2.45, 2.75) is 39.3 Å². The molecule has 1 aliphatic rings. The van der Waals surface area contributed by atoms with Crippen LogP contribution in [0.15, 0.2) is 40.9 Å². The van der Waals surface area contributed by atoms with Crippen molar-refractivity contribution in [3.8, 4) is 34.7 Å². The van der Waals surface area contributed by atoms with E-state index in [0.29, 0.717) is 28.6 Å². The molecule has 1 aliphatic heterocycles. The molecule has 142 valence electrons. The Hall–Kier alpha value is -3.17. The Balaban J connectivity index is 1.63. The highest BCUT2D eigenvalue weighted by molar-refractivity contribution is 5.64. The number of rotatable bonds is 4. The van der Waals surface area contributed by atoms with E-state index in [9.17, 15) is 5.26 Å². The molecule has 3 aromatic rings. The lowest BCUT2D eigenvalue weighted by molar-refractivity contribution is 0.242. The van der Waals surface area contributed by atoms with Gasteiger partial charge in [0, 0.05) is 17.7 Å². The first kappa shape index (κ1) is 18.2. The third kappa shape index (κ3) is 3.75. The van der Waals surface area contributed by atoms with Crippen molar-refractivity contribution in [3.05, 3.63) is 53.1 Å². The molecule has 0 aliphatic carbocycles. The molecule has 0 spiro atoms. The maximum absolute atomic E-state index is 9.42. The van der Waals surface area contributed by atoms with Crippen molar-refractivity contribution >= 4 is 0 Å². The quantitative estimate of drug-likeness (QED) is 0.740. The molecule has 28 heavy (non-hydrogen) atoms. The van der Waals surface area contributed by atoms with Crippen LogP contribution in [0.1, 0.15) is 37.0 Å². The molecule has 0 amide bonds. The summed E-state index contributed by atoms with van der Waals surface area (Å²) in [5, 5.41) is 17.0. The molecule has 0 fully saturated rings. The Bertz CT molecular complexity index is 1030. The highest BCUT2D eigenvalue weighted by Crippen LogP contribution is 2.28. The van der Waals surface area contributed by atoms with Crippen LogP contribution < -0.4 is 10.1 Å². The summed E-state index contributed by atoms with van der Waals surface area (Å²) in [4.78, 5) is 4.55. The van der Waals surface area contributed by atoms with Crippen molar-refractivity contribution in [2.75, 3.05) is 6.54 Å². The van der Waals surface area contributed by atoms with Gasteiger partial charge in [-0.2, -0.15) is 10.2 Å². The largest absolute Gasteiger partial charge is 0.490 e. The topological polar surface area (TPSA) is 84.0 Å². The van der Waals surface area contributed by atoms with Crippen LogP contribution in [0, 0.1) is 11.3 Å². The van der Waals surface area contributed by atoms with Crippen molar-refractivity contribution < 1.29 is 9.26 Å². The lowest BCUT2D eigenvalue weighted by Crippen LogP contribution is -2.11. The zero-order chi connectivity index (χ0) is 19.5. The maximum Gasteiger partial charge on any atom is 0.258 e. The lowest BCUT2D eigenvalue weighted by atomic mass is 10.0. The fourth-order valence-corrected chi connectivity index (χ4v) is 3.36. The third-order valence-electron chi connectivity index (χ3n) is 4.72. The van der Waals surface area contributed by atoms with Gasteiger partial charge in [-0.15, -0.1) is 0 Å². The van der Waals surface area contributed by atoms with Crippen molar-refractivity contribution in [1.29, 1.82) is 5.26 Å². The summed E-state index contributed by atoms with van der Waals surface area (Å²) in [7, 11) is 0. The number of nitrogens with zero attached hydrogens (tertiary/aromatic N) is 3. The highest BCUT2D eigenvalue weighted by atomic mass is 16.5. The van der Waals surface area contributed by atoms with Gasteiger partial charge in [0.25, 0.3) is 5.89 Å². The normalized spacial score (nSPS) is 13.6. The molecule has 4 rings (SSSR count). The number of nitriles is 1. The highest BCUT2D eigenvalue weighted by Gasteiger charge is 2.15. The summed E-state index contributed by atoms with van der Waals surface area (Å²) in [6.07, 6.45) is 2.16. The zero-order valence-corrected chi connectivity index (χ0v) is 16.0. The molecule has 0 bridgehead atoms. The molecule has 0 atom stereocenters. The van der Waals surface area contributed by atoms with Crippen LogP contribution in [-0.2, 0) is 13.0 Å². The summed E-state index contributed by atoms with van der Waals surface area (Å²) in [5.41, 5.74) is 4.74. The smallest absolute Gasteiger partial charge is 0.258 e. The Kier molecular flexibility index (Phi) is 5.09. The summed E-state index contributed by atoms with van der Waals surface area (Å²) >= 11 is 0. The number of benzene rings is 2. The van der Waals surface area contributed by atoms with Gasteiger partial charge in [0.05, 0.1) is 11.7 Å². The Labute approximate surface area is 164 Å². The van der Waals surface area contributed by atoms with Crippen LogP contribution in [0.25, 0.3) is 22.8 Å². The van der Waals surface area contributed by atoms with Gasteiger partial charge >= 0.3 is 0 Å². The van der Waals surface area contributed by atoms with E-state index in [1.165, 1.54) is 11.1 Å². The number of hydrogen-bond acceptors (Lipinski definition) is 6. The minimum Gasteiger partial charge on any atom is -0.490 e. The molecule has 2 aromatic carbocycles. The second-order valence-electron chi connectivity index (χ2n) is 7.18. The van der Waals surface area contributed by atoms with Gasteiger partial charge in [0.15, 0.2) is 0 Å². The lowest BCUT2D eigenvalue weighted by Gasteiger charge is -2.11. The first-order chi connectivity index (χ1) is 13.6. The van der Waals surface area contributed by atoms with E-state index in [0.717, 1.165) is 31.5 Å². The first-order valence-corrected chi connectivity index (χ1v) is 9.52. The van der Waals surface area contributed by atoms with E-state index < -0.39 is 0 Å². The monoisotopic (exact) mass is 374 g/mol. The van der Waals surface area contributed by atoms with Gasteiger partial charge in [-0.3, -0.25) is 0 Å². The van der Waals surface area contributed by atoms with Crippen LogP contribution in [0.5, 0.6) is 5.75 Å². The molecule has 0 saturated carbocycles. The number of hydrogen-bond donors (Lipinski definition) is 1. The molecule has 0 saturated heterocycles. The van der Waals surface area contributed by atoms with Crippen LogP contribution in [0.2, 0.25) is 0 Å². The average Bonchev–Trinajstić information content (AvgIpc) is 3.07. The van der Waals surface area contributed by atoms with E-state index in [-0.39, 0.29) is 6.10 Å². The van der Waals surface area contributed by atoms with E-state index >= 15 is 0 Å². The summed E-state index contributed by atoms with van der Waals surface area (Å²) in [6, 6.07) is 13.8. The van der Waals surface area contributed by atoms with Gasteiger partial charge in [-0.05, 0) is 68.6 Å². The second-order valence-corrected chi connectivity index (χ2v) is 7.18. The number of ether oxygens (including phenoxy) is 1. The molecule has 0 radical (unpaired) electrons. The van der Waals surface area contributed by atoms with Gasteiger partial charge in [0.2, 0.25) is 5.82 Å². The van der Waals surface area contributed by atoms with Crippen LogP contribution in [-0.4, -0.2) is 22.8 Å². The van der Waals surface area contributed by atoms with Gasteiger partial charge in [-0.1, -0.05) is 17.3 Å². The molecular formula is C22H22N4O2. The number of nitrogens with one attached hydrogen (secondary N) is 1. The van der Waals surface area contributed by atoms with Gasteiger partial charge in [0.1, 0.15) is 11.8 Å². The van der Waals surface area contributed by atoms with Crippen LogP contribution in [0.4, 0.5) is 0 Å². The molecule has 2 heterocycles. The SMILES string of the molecule is CC(C)Oc1ccc(-c2nc(-c3ccc4c(c3)CCCNC4)no2)cc1C#N. The maximum atomic E-state index is 9.42. The fourth-order valence-electron chi connectivity index (χ4n) is 3.36. The molecule has 1 N–H and O–H groups in total. The van der Waals surface area contributed by atoms with Crippen LogP contribution in [0.3, 0.4) is 0 Å². The summed E-state index contributed by atoms with van der Waals surface area (Å²) in [6.45, 7) is 5.79. The number of fused-ring (bicyclic) bond motifs is 1. The first-order valence-electron chi connectivity index (χ1n) is 9.52. The third-order valence-corrected chi connectivity index (χ3v) is 4.72. The molecule has 1 aromatic heterocycles. The average molecular weight is 374 g/mol. The Morgan fingerprint density at radius 1 is 1.14 bits per heavy atom. The van der Waals surface area contributed by atoms with Crippen molar-refractivity contribution in [2.24, 2.45) is 0 Å². The predicted molar refractivity (Wildman–Crippen MR) is 106 cm³/mol. The minimum absolute atomic E-state index is 0.00336. The standard InChI is InChI=1S/C22H22N4O2/c1-14(2)27-20-8-7-17(11-19(20)12-23)22-25-21(26-28-22)16-5-6-18-13-24-9-3-4-15(18)10-16/h5-8,10-11,14,24H,3-4,9,13H2,1-2H3. The summed E-state index contributed by atoms with van der Waals surface area (Å²) in [5.74, 6) is 1.50. The summed E-state index contributed by atoms with van der Waals surface area (Å²) < 4.78 is 11.1. The minimum atomic E-state index is -0.00336. The zero-order valence-electron chi connectivity index (χ0n) is 16.0. The van der Waals surface area contributed by atoms with E-state index in [4.69, 9.17) is 9.26 Å². The van der Waals surface area contributed by atoms with Crippen LogP contribution >= 0.6 is 0 Å². The molecule has 6 nitrogen and oxygen atoms in total. The molecule has 6 heteroatoms. The van der Waals surface area contributed by atoms with Crippen molar-refractivity contribution in [3.63, 3.8) is 0 Å². The second kappa shape index (κ2) is 7.83. The van der Waals surface area contributed by atoms with Gasteiger partial charge < -0.3 is 14.6 Å². The van der Waals surface area contributed by atoms with E-state index in [1.807, 2.05) is 26.0 Å². The van der Waals surface area contributed by atoms with E-state index in [2.05, 4.69) is 33.7 Å². The Morgan fingerprint density at radius 3 is 2.82 bits per heavy atom. The molecular weight excluding hydrogens is 352 g/mol. The Morgan fingerprint density at radius 2 is 2.00 bits per heavy atom. The van der Waals surface area contributed by atoms with E-state index in [1.54, 1.807) is 12.1 Å². The number of aromatic nitrogens is 2. The number of aryl methyl sites for hydroxylation is 1. The molecule has 0 unspecified atom stereocenters. The predicted octanol–water partition coefficient (Wildman–Crippen LogP) is 4.10. The van der Waals surface area contributed by atoms with Gasteiger partial charge in [-0.25, -0.2) is 0 Å². The van der Waals surface area contributed by atoms with Crippen molar-refractivity contribution in [1.82, 2.24) is 15.5 Å². The fraction of sp³-hybridized carbons (Fsp3) is 0.318.